The van der Waals surface area contributed by atoms with Crippen molar-refractivity contribution in [1.29, 1.82) is 0 Å². The highest BCUT2D eigenvalue weighted by Crippen LogP contribution is 2.54. The van der Waals surface area contributed by atoms with Crippen LogP contribution in [0.3, 0.4) is 0 Å². The quantitative estimate of drug-likeness (QED) is 0.729. The molecule has 1 aliphatic carbocycles. The van der Waals surface area contributed by atoms with Crippen LogP contribution < -0.4 is 10.6 Å². The second-order valence-corrected chi connectivity index (χ2v) is 5.00. The number of carbonyl (C=O) groups excluding carboxylic acids is 1. The summed E-state index contributed by atoms with van der Waals surface area (Å²) in [6.45, 7) is 6.96. The van der Waals surface area contributed by atoms with E-state index in [2.05, 4.69) is 29.5 Å². The molecule has 1 atom stereocenters. The van der Waals surface area contributed by atoms with Crippen LogP contribution in [0.15, 0.2) is 4.99 Å². The summed E-state index contributed by atoms with van der Waals surface area (Å²) in [4.78, 5) is 16.2. The second-order valence-electron chi connectivity index (χ2n) is 5.00. The molecule has 4 heteroatoms. The molecule has 0 aromatic carbocycles. The van der Waals surface area contributed by atoms with E-state index >= 15 is 0 Å². The Morgan fingerprint density at radius 1 is 1.40 bits per heavy atom. The summed E-state index contributed by atoms with van der Waals surface area (Å²) in [5, 5.41) is 6.07. The number of hydrogen-bond acceptors (Lipinski definition) is 2. The molecule has 1 heterocycles. The molecule has 1 unspecified atom stereocenters. The number of nitrogens with one attached hydrogen (secondary N) is 2. The lowest BCUT2D eigenvalue weighted by Crippen LogP contribution is -2.50. The van der Waals surface area contributed by atoms with Crippen molar-refractivity contribution < 1.29 is 4.79 Å². The molecule has 0 aromatic rings. The maximum absolute atomic E-state index is 11.9. The zero-order valence-corrected chi connectivity index (χ0v) is 9.68. The molecular formula is C11H19N3O. The van der Waals surface area contributed by atoms with E-state index in [1.165, 1.54) is 0 Å². The van der Waals surface area contributed by atoms with Gasteiger partial charge in [0.15, 0.2) is 5.96 Å². The molecule has 2 rings (SSSR count). The first-order chi connectivity index (χ1) is 7.02. The van der Waals surface area contributed by atoms with E-state index in [1.54, 1.807) is 0 Å². The van der Waals surface area contributed by atoms with Gasteiger partial charge in [0.25, 0.3) is 5.91 Å². The average Bonchev–Trinajstić information content (AvgIpc) is 2.86. The van der Waals surface area contributed by atoms with Crippen LogP contribution in [0.4, 0.5) is 0 Å². The van der Waals surface area contributed by atoms with Crippen molar-refractivity contribution in [3.63, 3.8) is 0 Å². The fourth-order valence-electron chi connectivity index (χ4n) is 1.97. The third-order valence-electron chi connectivity index (χ3n) is 3.76. The van der Waals surface area contributed by atoms with Crippen LogP contribution in [0.2, 0.25) is 0 Å². The lowest BCUT2D eigenvalue weighted by molar-refractivity contribution is -0.125. The van der Waals surface area contributed by atoms with Crippen molar-refractivity contribution in [3.05, 3.63) is 0 Å². The van der Waals surface area contributed by atoms with Crippen LogP contribution in [0, 0.1) is 5.41 Å². The third-order valence-corrected chi connectivity index (χ3v) is 3.76. The van der Waals surface area contributed by atoms with E-state index in [9.17, 15) is 4.79 Å². The van der Waals surface area contributed by atoms with Gasteiger partial charge in [-0.25, -0.2) is 0 Å². The minimum Gasteiger partial charge on any atom is -0.341 e. The zero-order valence-electron chi connectivity index (χ0n) is 9.68. The Morgan fingerprint density at radius 2 is 2.07 bits per heavy atom. The molecule has 2 N–H and O–H groups in total. The zero-order chi connectivity index (χ0) is 11.1. The van der Waals surface area contributed by atoms with Crippen molar-refractivity contribution >= 4 is 11.9 Å². The summed E-state index contributed by atoms with van der Waals surface area (Å²) in [5.74, 6) is 0.717. The van der Waals surface area contributed by atoms with Crippen LogP contribution in [0.25, 0.3) is 0 Å². The van der Waals surface area contributed by atoms with E-state index in [1.807, 2.05) is 6.92 Å². The number of amides is 1. The van der Waals surface area contributed by atoms with Gasteiger partial charge in [-0.2, -0.15) is 0 Å². The molecule has 1 amide bonds. The van der Waals surface area contributed by atoms with E-state index < -0.39 is 5.54 Å². The molecule has 2 aliphatic rings. The lowest BCUT2D eigenvalue weighted by Gasteiger charge is -2.28. The van der Waals surface area contributed by atoms with Gasteiger partial charge in [-0.15, -0.1) is 0 Å². The topological polar surface area (TPSA) is 53.5 Å². The molecule has 4 nitrogen and oxygen atoms in total. The molecule has 0 radical (unpaired) electrons. The highest BCUT2D eigenvalue weighted by atomic mass is 16.2. The maximum Gasteiger partial charge on any atom is 0.252 e. The standard InChI is InChI=1S/C11H19N3O/c1-4-7-12-9-13-8(15)11(3,14-9)10(2)5-6-10/h4-7H2,1-3H3,(H2,12,13,14,15). The van der Waals surface area contributed by atoms with Gasteiger partial charge in [0.2, 0.25) is 0 Å². The molecule has 1 aliphatic heterocycles. The van der Waals surface area contributed by atoms with E-state index in [0.29, 0.717) is 5.96 Å². The van der Waals surface area contributed by atoms with Gasteiger partial charge in [-0.1, -0.05) is 13.8 Å². The van der Waals surface area contributed by atoms with Crippen LogP contribution in [0.5, 0.6) is 0 Å². The van der Waals surface area contributed by atoms with Crippen molar-refractivity contribution in [2.24, 2.45) is 10.4 Å². The fourth-order valence-corrected chi connectivity index (χ4v) is 1.97. The molecule has 1 saturated heterocycles. The molecular weight excluding hydrogens is 190 g/mol. The third kappa shape index (κ3) is 1.52. The Labute approximate surface area is 90.5 Å². The van der Waals surface area contributed by atoms with Crippen LogP contribution >= 0.6 is 0 Å². The smallest absolute Gasteiger partial charge is 0.252 e. The van der Waals surface area contributed by atoms with Crippen molar-refractivity contribution in [2.45, 2.75) is 45.6 Å². The number of rotatable bonds is 3. The minimum atomic E-state index is -0.459. The van der Waals surface area contributed by atoms with Crippen molar-refractivity contribution in [2.75, 3.05) is 6.54 Å². The normalized spacial score (nSPS) is 35.1. The second kappa shape index (κ2) is 3.22. The molecule has 2 fully saturated rings. The van der Waals surface area contributed by atoms with Gasteiger partial charge < -0.3 is 5.32 Å². The predicted molar refractivity (Wildman–Crippen MR) is 59.6 cm³/mol. The van der Waals surface area contributed by atoms with Crippen LogP contribution in [0.1, 0.15) is 40.0 Å². The van der Waals surface area contributed by atoms with Gasteiger partial charge in [0, 0.05) is 6.54 Å². The number of guanidine groups is 1. The molecule has 0 spiro atoms. The van der Waals surface area contributed by atoms with Gasteiger partial charge in [-0.05, 0) is 31.6 Å². The number of hydrogen-bond donors (Lipinski definition) is 2. The highest BCUT2D eigenvalue weighted by molar-refractivity contribution is 6.09. The van der Waals surface area contributed by atoms with Gasteiger partial charge >= 0.3 is 0 Å². The molecule has 84 valence electrons. The predicted octanol–water partition coefficient (Wildman–Crippen LogP) is 1.03. The largest absolute Gasteiger partial charge is 0.341 e. The lowest BCUT2D eigenvalue weighted by atomic mass is 9.84. The number of aliphatic imine (C=N–C) groups is 1. The minimum absolute atomic E-state index is 0.0670. The Morgan fingerprint density at radius 3 is 2.60 bits per heavy atom. The van der Waals surface area contributed by atoms with Crippen molar-refractivity contribution in [3.8, 4) is 0 Å². The maximum atomic E-state index is 11.9. The summed E-state index contributed by atoms with van der Waals surface area (Å²) < 4.78 is 0. The Bertz CT molecular complexity index is 320. The Kier molecular flexibility index (Phi) is 2.24. The Hall–Kier alpha value is -1.06. The van der Waals surface area contributed by atoms with E-state index in [4.69, 9.17) is 0 Å². The van der Waals surface area contributed by atoms with Crippen molar-refractivity contribution in [1.82, 2.24) is 10.6 Å². The first-order valence-corrected chi connectivity index (χ1v) is 5.66. The first-order valence-electron chi connectivity index (χ1n) is 5.66. The summed E-state index contributed by atoms with van der Waals surface area (Å²) in [7, 11) is 0. The molecule has 0 bridgehead atoms. The molecule has 0 aromatic heterocycles. The van der Waals surface area contributed by atoms with Gasteiger partial charge in [0.1, 0.15) is 5.54 Å². The SMILES string of the molecule is CCCN=C1NC(=O)C(C)(C2(C)CC2)N1. The van der Waals surface area contributed by atoms with E-state index in [0.717, 1.165) is 25.8 Å². The fraction of sp³-hybridized carbons (Fsp3) is 0.818. The summed E-state index contributed by atoms with van der Waals surface area (Å²) in [6.07, 6.45) is 3.23. The summed E-state index contributed by atoms with van der Waals surface area (Å²) in [5.41, 5.74) is -0.347. The number of carbonyl (C=O) groups is 1. The summed E-state index contributed by atoms with van der Waals surface area (Å²) >= 11 is 0. The van der Waals surface area contributed by atoms with E-state index in [-0.39, 0.29) is 11.3 Å². The van der Waals surface area contributed by atoms with Crippen LogP contribution in [-0.2, 0) is 4.79 Å². The highest BCUT2D eigenvalue weighted by Gasteiger charge is 2.60. The Balaban J connectivity index is 2.13. The average molecular weight is 209 g/mol. The van der Waals surface area contributed by atoms with Crippen LogP contribution in [-0.4, -0.2) is 24.0 Å². The molecule has 1 saturated carbocycles. The summed E-state index contributed by atoms with van der Waals surface area (Å²) in [6, 6.07) is 0. The van der Waals surface area contributed by atoms with Gasteiger partial charge in [-0.3, -0.25) is 15.1 Å². The number of nitrogens with zero attached hydrogens (tertiary/aromatic N) is 1. The van der Waals surface area contributed by atoms with Gasteiger partial charge in [0.05, 0.1) is 0 Å². The first kappa shape index (κ1) is 10.5. The monoisotopic (exact) mass is 209 g/mol. The molecule has 15 heavy (non-hydrogen) atoms.